The molecule has 1 aliphatic heterocycles. The maximum atomic E-state index is 13.4. The van der Waals surface area contributed by atoms with E-state index < -0.39 is 16.1 Å². The predicted molar refractivity (Wildman–Crippen MR) is 124 cm³/mol. The van der Waals surface area contributed by atoms with Crippen molar-refractivity contribution in [3.63, 3.8) is 0 Å². The molecule has 1 amide bonds. The van der Waals surface area contributed by atoms with Crippen LogP contribution in [0.1, 0.15) is 61.3 Å². The third kappa shape index (κ3) is 4.75. The van der Waals surface area contributed by atoms with Crippen molar-refractivity contribution in [2.45, 2.75) is 62.8 Å². The lowest BCUT2D eigenvalue weighted by molar-refractivity contribution is -0.122. The summed E-state index contributed by atoms with van der Waals surface area (Å²) in [4.78, 5) is 12.6. The average Bonchev–Trinajstić information content (AvgIpc) is 3.10. The van der Waals surface area contributed by atoms with Crippen molar-refractivity contribution in [1.29, 1.82) is 0 Å². The lowest BCUT2D eigenvalue weighted by Crippen LogP contribution is -2.45. The number of hydrogen-bond donors (Lipinski definition) is 2. The van der Waals surface area contributed by atoms with Crippen LogP contribution in [0.15, 0.2) is 47.4 Å². The van der Waals surface area contributed by atoms with E-state index in [-0.39, 0.29) is 5.91 Å². The monoisotopic (exact) mass is 438 g/mol. The van der Waals surface area contributed by atoms with Crippen LogP contribution in [0.25, 0.3) is 11.6 Å². The van der Waals surface area contributed by atoms with E-state index in [9.17, 15) is 13.2 Å². The Morgan fingerprint density at radius 3 is 2.74 bits per heavy atom. The Bertz CT molecular complexity index is 1110. The van der Waals surface area contributed by atoms with Gasteiger partial charge in [0.1, 0.15) is 6.04 Å². The fraction of sp³-hybridized carbons (Fsp3) is 0.400. The second kappa shape index (κ2) is 9.37. The Kier molecular flexibility index (Phi) is 6.58. The molecule has 4 rings (SSSR count). The van der Waals surface area contributed by atoms with Crippen LogP contribution in [0.5, 0.6) is 0 Å². The molecule has 5 nitrogen and oxygen atoms in total. The highest BCUT2D eigenvalue weighted by Gasteiger charge is 2.29. The van der Waals surface area contributed by atoms with Gasteiger partial charge in [-0.05, 0) is 72.4 Å². The van der Waals surface area contributed by atoms with E-state index in [2.05, 4.69) is 35.2 Å². The molecule has 0 unspecified atom stereocenters. The number of benzene rings is 2. The standard InChI is InChI=1S/C25H30N2O3S/c1-2-3-11-22-21(20-16-18-9-4-5-10-19(18)17-20)12-8-14-24(22)31(29,30)27-23-13-6-7-15-26-25(23)28/h4-5,8-10,12,14,16,23,27H,2-3,6-7,11,13,15,17H2,1H3,(H,26,28)/t23-/m1/s1. The van der Waals surface area contributed by atoms with Crippen LogP contribution in [-0.2, 0) is 27.7 Å². The summed E-state index contributed by atoms with van der Waals surface area (Å²) < 4.78 is 29.5. The Hall–Kier alpha value is -2.44. The van der Waals surface area contributed by atoms with E-state index in [1.165, 1.54) is 11.1 Å². The van der Waals surface area contributed by atoms with Gasteiger partial charge in [-0.25, -0.2) is 8.42 Å². The van der Waals surface area contributed by atoms with Gasteiger partial charge in [0, 0.05) is 6.54 Å². The van der Waals surface area contributed by atoms with Crippen molar-refractivity contribution in [3.8, 4) is 0 Å². The molecule has 0 aromatic heterocycles. The maximum Gasteiger partial charge on any atom is 0.241 e. The van der Waals surface area contributed by atoms with Gasteiger partial charge in [-0.3, -0.25) is 4.79 Å². The Morgan fingerprint density at radius 1 is 1.10 bits per heavy atom. The molecule has 31 heavy (non-hydrogen) atoms. The van der Waals surface area contributed by atoms with E-state index in [0.29, 0.717) is 24.3 Å². The highest BCUT2D eigenvalue weighted by Crippen LogP contribution is 2.35. The molecule has 1 atom stereocenters. The van der Waals surface area contributed by atoms with Gasteiger partial charge >= 0.3 is 0 Å². The molecule has 0 bridgehead atoms. The molecule has 6 heteroatoms. The van der Waals surface area contributed by atoms with Crippen molar-refractivity contribution in [3.05, 3.63) is 64.7 Å². The Morgan fingerprint density at radius 2 is 1.94 bits per heavy atom. The van der Waals surface area contributed by atoms with E-state index in [4.69, 9.17) is 0 Å². The molecular formula is C25H30N2O3S. The van der Waals surface area contributed by atoms with E-state index >= 15 is 0 Å². The number of carbonyl (C=O) groups excluding carboxylic acids is 1. The van der Waals surface area contributed by atoms with Gasteiger partial charge in [-0.15, -0.1) is 0 Å². The summed E-state index contributed by atoms with van der Waals surface area (Å²) in [5, 5.41) is 2.81. The number of sulfonamides is 1. The van der Waals surface area contributed by atoms with Crippen LogP contribution in [0.3, 0.4) is 0 Å². The summed E-state index contributed by atoms with van der Waals surface area (Å²) in [6, 6.07) is 13.1. The van der Waals surface area contributed by atoms with Gasteiger partial charge in [-0.2, -0.15) is 4.72 Å². The normalized spacial score (nSPS) is 18.8. The summed E-state index contributed by atoms with van der Waals surface area (Å²) in [7, 11) is -3.83. The second-order valence-corrected chi connectivity index (χ2v) is 10.1. The van der Waals surface area contributed by atoms with Gasteiger partial charge in [0.2, 0.25) is 15.9 Å². The highest BCUT2D eigenvalue weighted by atomic mass is 32.2. The summed E-state index contributed by atoms with van der Waals surface area (Å²) in [5.41, 5.74) is 5.46. The molecule has 2 N–H and O–H groups in total. The second-order valence-electron chi connectivity index (χ2n) is 8.39. The van der Waals surface area contributed by atoms with E-state index in [1.54, 1.807) is 6.07 Å². The van der Waals surface area contributed by atoms with Crippen molar-refractivity contribution in [2.24, 2.45) is 0 Å². The number of fused-ring (bicyclic) bond motifs is 1. The Labute approximate surface area is 185 Å². The first kappa shape index (κ1) is 21.8. The van der Waals surface area contributed by atoms with E-state index in [1.807, 2.05) is 24.3 Å². The predicted octanol–water partition coefficient (Wildman–Crippen LogP) is 4.07. The number of allylic oxidation sites excluding steroid dienone is 1. The van der Waals surface area contributed by atoms with Crippen LogP contribution in [-0.4, -0.2) is 26.9 Å². The lowest BCUT2D eigenvalue weighted by atomic mass is 9.95. The van der Waals surface area contributed by atoms with Gasteiger partial charge in [0.15, 0.2) is 0 Å². The molecular weight excluding hydrogens is 408 g/mol. The summed E-state index contributed by atoms with van der Waals surface area (Å²) in [6.07, 6.45) is 7.76. The van der Waals surface area contributed by atoms with E-state index in [0.717, 1.165) is 48.8 Å². The zero-order chi connectivity index (χ0) is 21.8. The number of hydrogen-bond acceptors (Lipinski definition) is 3. The molecule has 2 aromatic carbocycles. The van der Waals surface area contributed by atoms with Crippen LogP contribution >= 0.6 is 0 Å². The highest BCUT2D eigenvalue weighted by molar-refractivity contribution is 7.89. The number of nitrogens with one attached hydrogen (secondary N) is 2. The van der Waals surface area contributed by atoms with Crippen molar-refractivity contribution in [2.75, 3.05) is 6.54 Å². The largest absolute Gasteiger partial charge is 0.355 e. The van der Waals surface area contributed by atoms with Crippen LogP contribution < -0.4 is 10.0 Å². The summed E-state index contributed by atoms with van der Waals surface area (Å²) >= 11 is 0. The fourth-order valence-electron chi connectivity index (χ4n) is 4.49. The zero-order valence-electron chi connectivity index (χ0n) is 18.0. The van der Waals surface area contributed by atoms with Gasteiger partial charge < -0.3 is 5.32 Å². The summed E-state index contributed by atoms with van der Waals surface area (Å²) in [6.45, 7) is 2.71. The first-order chi connectivity index (χ1) is 15.0. The molecule has 1 fully saturated rings. The van der Waals surface area contributed by atoms with Crippen LogP contribution in [0.2, 0.25) is 0 Å². The topological polar surface area (TPSA) is 75.3 Å². The fourth-order valence-corrected chi connectivity index (χ4v) is 6.01. The molecule has 0 radical (unpaired) electrons. The average molecular weight is 439 g/mol. The zero-order valence-corrected chi connectivity index (χ0v) is 18.8. The van der Waals surface area contributed by atoms with Crippen molar-refractivity contribution < 1.29 is 13.2 Å². The molecule has 2 aliphatic rings. The van der Waals surface area contributed by atoms with Gasteiger partial charge in [0.25, 0.3) is 0 Å². The van der Waals surface area contributed by atoms with Crippen LogP contribution in [0.4, 0.5) is 0 Å². The van der Waals surface area contributed by atoms with Crippen molar-refractivity contribution in [1.82, 2.24) is 10.0 Å². The minimum absolute atomic E-state index is 0.235. The van der Waals surface area contributed by atoms with Crippen LogP contribution in [0, 0.1) is 0 Å². The molecule has 1 saturated heterocycles. The molecule has 0 saturated carbocycles. The molecule has 2 aromatic rings. The molecule has 0 spiro atoms. The number of carbonyl (C=O) groups is 1. The molecule has 164 valence electrons. The Balaban J connectivity index is 1.71. The van der Waals surface area contributed by atoms with Gasteiger partial charge in [0.05, 0.1) is 4.90 Å². The quantitative estimate of drug-likeness (QED) is 0.684. The first-order valence-corrected chi connectivity index (χ1v) is 12.7. The summed E-state index contributed by atoms with van der Waals surface area (Å²) in [5.74, 6) is -0.235. The molecule has 1 heterocycles. The number of rotatable bonds is 7. The minimum atomic E-state index is -3.83. The van der Waals surface area contributed by atoms with Gasteiger partial charge in [-0.1, -0.05) is 55.8 Å². The third-order valence-electron chi connectivity index (χ3n) is 6.15. The lowest BCUT2D eigenvalue weighted by Gasteiger charge is -2.19. The molecule has 1 aliphatic carbocycles. The number of unbranched alkanes of at least 4 members (excludes halogenated alkanes) is 1. The number of amides is 1. The first-order valence-electron chi connectivity index (χ1n) is 11.2. The maximum absolute atomic E-state index is 13.4. The van der Waals surface area contributed by atoms with Crippen molar-refractivity contribution >= 4 is 27.6 Å². The third-order valence-corrected chi connectivity index (χ3v) is 7.70. The smallest absolute Gasteiger partial charge is 0.241 e. The SMILES string of the molecule is CCCCc1c(C2=Cc3ccccc3C2)cccc1S(=O)(=O)N[C@@H]1CCCCNC1=O. The minimum Gasteiger partial charge on any atom is -0.355 e.